The Morgan fingerprint density at radius 1 is 1.12 bits per heavy atom. The van der Waals surface area contributed by atoms with Gasteiger partial charge in [0.15, 0.2) is 0 Å². The van der Waals surface area contributed by atoms with Crippen molar-refractivity contribution in [3.63, 3.8) is 0 Å². The molecule has 0 amide bonds. The van der Waals surface area contributed by atoms with E-state index in [1.165, 1.54) is 58.3 Å². The lowest BCUT2D eigenvalue weighted by Crippen LogP contribution is -2.44. The molecule has 3 heteroatoms. The quantitative estimate of drug-likeness (QED) is 0.635. The number of unbranched alkanes of at least 4 members (excludes halogenated alkanes) is 2. The second-order valence-electron chi connectivity index (χ2n) is 5.60. The predicted octanol–water partition coefficient (Wildman–Crippen LogP) is 1.84. The van der Waals surface area contributed by atoms with Crippen molar-refractivity contribution in [3.05, 3.63) is 0 Å². The van der Waals surface area contributed by atoms with Crippen LogP contribution in [0.1, 0.15) is 46.0 Å². The van der Waals surface area contributed by atoms with Gasteiger partial charge in [0.1, 0.15) is 0 Å². The maximum atomic E-state index is 3.65. The van der Waals surface area contributed by atoms with Crippen LogP contribution in [0.25, 0.3) is 0 Å². The topological polar surface area (TPSA) is 27.3 Å². The summed E-state index contributed by atoms with van der Waals surface area (Å²) in [4.78, 5) is 2.64. The first-order valence-electron chi connectivity index (χ1n) is 7.35. The van der Waals surface area contributed by atoms with Crippen LogP contribution < -0.4 is 10.6 Å². The van der Waals surface area contributed by atoms with Crippen molar-refractivity contribution in [2.24, 2.45) is 0 Å². The summed E-state index contributed by atoms with van der Waals surface area (Å²) in [7, 11) is 2.03. The Balaban J connectivity index is 1.99. The molecule has 1 saturated heterocycles. The number of likely N-dealkylation sites (tertiary alicyclic amines) is 1. The van der Waals surface area contributed by atoms with Gasteiger partial charge in [-0.05, 0) is 58.9 Å². The van der Waals surface area contributed by atoms with E-state index in [0.717, 1.165) is 6.04 Å². The number of hydrogen-bond acceptors (Lipinski definition) is 3. The Morgan fingerprint density at radius 2 is 1.82 bits per heavy atom. The summed E-state index contributed by atoms with van der Waals surface area (Å²) in [5.74, 6) is 0. The van der Waals surface area contributed by atoms with Gasteiger partial charge in [0.2, 0.25) is 0 Å². The van der Waals surface area contributed by atoms with E-state index in [1.54, 1.807) is 0 Å². The molecule has 3 nitrogen and oxygen atoms in total. The van der Waals surface area contributed by atoms with Crippen LogP contribution in [-0.2, 0) is 0 Å². The van der Waals surface area contributed by atoms with E-state index in [0.29, 0.717) is 6.04 Å². The monoisotopic (exact) mass is 241 g/mol. The summed E-state index contributed by atoms with van der Waals surface area (Å²) >= 11 is 0. The van der Waals surface area contributed by atoms with E-state index in [1.807, 2.05) is 7.05 Å². The molecule has 17 heavy (non-hydrogen) atoms. The predicted molar refractivity (Wildman–Crippen MR) is 75.5 cm³/mol. The van der Waals surface area contributed by atoms with E-state index in [4.69, 9.17) is 0 Å². The van der Waals surface area contributed by atoms with Crippen LogP contribution in [0.4, 0.5) is 0 Å². The van der Waals surface area contributed by atoms with Gasteiger partial charge in [0.25, 0.3) is 0 Å². The van der Waals surface area contributed by atoms with E-state index in [9.17, 15) is 0 Å². The third kappa shape index (κ3) is 7.02. The van der Waals surface area contributed by atoms with Gasteiger partial charge in [-0.3, -0.25) is 0 Å². The van der Waals surface area contributed by atoms with Crippen molar-refractivity contribution in [3.8, 4) is 0 Å². The minimum absolute atomic E-state index is 0.632. The summed E-state index contributed by atoms with van der Waals surface area (Å²) in [6.07, 6.45) is 6.71. The van der Waals surface area contributed by atoms with Gasteiger partial charge >= 0.3 is 0 Å². The third-order valence-corrected chi connectivity index (χ3v) is 3.56. The highest BCUT2D eigenvalue weighted by Crippen LogP contribution is 2.12. The average molecular weight is 241 g/mol. The smallest absolute Gasteiger partial charge is 0.00937 e. The summed E-state index contributed by atoms with van der Waals surface area (Å²) < 4.78 is 0. The number of hydrogen-bond donors (Lipinski definition) is 2. The lowest BCUT2D eigenvalue weighted by atomic mass is 10.0. The highest BCUT2D eigenvalue weighted by molar-refractivity contribution is 4.78. The van der Waals surface area contributed by atoms with Gasteiger partial charge in [-0.15, -0.1) is 0 Å². The molecule has 0 spiro atoms. The largest absolute Gasteiger partial charge is 0.320 e. The van der Waals surface area contributed by atoms with E-state index in [2.05, 4.69) is 29.4 Å². The number of rotatable bonds is 8. The molecular formula is C14H31N3. The summed E-state index contributed by atoms with van der Waals surface area (Å²) in [5, 5.41) is 6.86. The molecule has 1 aliphatic heterocycles. The van der Waals surface area contributed by atoms with Gasteiger partial charge < -0.3 is 15.5 Å². The summed E-state index contributed by atoms with van der Waals surface area (Å²) in [6, 6.07) is 1.39. The Bertz CT molecular complexity index is 174. The molecule has 1 heterocycles. The zero-order valence-corrected chi connectivity index (χ0v) is 12.0. The third-order valence-electron chi connectivity index (χ3n) is 3.56. The molecule has 0 aromatic heterocycles. The molecule has 0 bridgehead atoms. The van der Waals surface area contributed by atoms with E-state index in [-0.39, 0.29) is 0 Å². The molecule has 0 aliphatic carbocycles. The Labute approximate surface area is 107 Å². The first kappa shape index (κ1) is 14.9. The maximum absolute atomic E-state index is 3.65. The normalized spacial score (nSPS) is 19.1. The first-order valence-corrected chi connectivity index (χ1v) is 7.35. The van der Waals surface area contributed by atoms with Gasteiger partial charge in [0.05, 0.1) is 0 Å². The fraction of sp³-hybridized carbons (Fsp3) is 1.00. The van der Waals surface area contributed by atoms with Crippen molar-refractivity contribution in [2.45, 2.75) is 58.0 Å². The molecule has 0 unspecified atom stereocenters. The highest BCUT2D eigenvalue weighted by Gasteiger charge is 2.18. The van der Waals surface area contributed by atoms with Crippen LogP contribution in [0, 0.1) is 0 Å². The molecule has 1 fully saturated rings. The van der Waals surface area contributed by atoms with Crippen molar-refractivity contribution in [1.82, 2.24) is 15.5 Å². The second kappa shape index (κ2) is 8.90. The number of piperidine rings is 1. The van der Waals surface area contributed by atoms with Gasteiger partial charge in [-0.2, -0.15) is 0 Å². The molecule has 0 atom stereocenters. The molecule has 2 N–H and O–H groups in total. The van der Waals surface area contributed by atoms with Crippen molar-refractivity contribution >= 4 is 0 Å². The van der Waals surface area contributed by atoms with Gasteiger partial charge in [0, 0.05) is 12.1 Å². The van der Waals surface area contributed by atoms with Gasteiger partial charge in [-0.1, -0.05) is 20.3 Å². The average Bonchev–Trinajstić information content (AvgIpc) is 2.30. The number of nitrogens with zero attached hydrogens (tertiary/aromatic N) is 1. The van der Waals surface area contributed by atoms with Crippen LogP contribution >= 0.6 is 0 Å². The highest BCUT2D eigenvalue weighted by atomic mass is 15.1. The Hall–Kier alpha value is -0.120. The van der Waals surface area contributed by atoms with Crippen LogP contribution in [-0.4, -0.2) is 50.2 Å². The van der Waals surface area contributed by atoms with Crippen LogP contribution in [0.5, 0.6) is 0 Å². The number of nitrogens with one attached hydrogen (secondary N) is 2. The minimum Gasteiger partial charge on any atom is -0.320 e. The second-order valence-corrected chi connectivity index (χ2v) is 5.60. The maximum Gasteiger partial charge on any atom is 0.00937 e. The zero-order valence-electron chi connectivity index (χ0n) is 12.0. The lowest BCUT2D eigenvalue weighted by Gasteiger charge is -2.33. The summed E-state index contributed by atoms with van der Waals surface area (Å²) in [5.41, 5.74) is 0. The van der Waals surface area contributed by atoms with Crippen molar-refractivity contribution in [2.75, 3.05) is 33.2 Å². The zero-order chi connectivity index (χ0) is 12.5. The molecule has 0 aromatic rings. The minimum atomic E-state index is 0.632. The molecule has 1 aliphatic rings. The Morgan fingerprint density at radius 3 is 2.41 bits per heavy atom. The Kier molecular flexibility index (Phi) is 7.82. The van der Waals surface area contributed by atoms with Crippen LogP contribution in [0.15, 0.2) is 0 Å². The molecule has 1 rings (SSSR count). The van der Waals surface area contributed by atoms with Gasteiger partial charge in [-0.25, -0.2) is 0 Å². The molecule has 0 saturated carbocycles. The molecule has 0 aromatic carbocycles. The van der Waals surface area contributed by atoms with Crippen molar-refractivity contribution < 1.29 is 0 Å². The SMILES string of the molecule is CNCCCCCN1CCC(NC(C)C)CC1. The summed E-state index contributed by atoms with van der Waals surface area (Å²) in [6.45, 7) is 9.54. The fourth-order valence-electron chi connectivity index (χ4n) is 2.61. The molecule has 0 radical (unpaired) electrons. The van der Waals surface area contributed by atoms with Crippen LogP contribution in [0.2, 0.25) is 0 Å². The standard InChI is InChI=1S/C14H31N3/c1-13(2)16-14-7-11-17(12-8-14)10-6-4-5-9-15-3/h13-16H,4-12H2,1-3H3. The van der Waals surface area contributed by atoms with E-state index >= 15 is 0 Å². The van der Waals surface area contributed by atoms with Crippen molar-refractivity contribution in [1.29, 1.82) is 0 Å². The fourth-order valence-corrected chi connectivity index (χ4v) is 2.61. The first-order chi connectivity index (χ1) is 8.22. The molecule has 102 valence electrons. The molecular weight excluding hydrogens is 210 g/mol. The van der Waals surface area contributed by atoms with E-state index < -0.39 is 0 Å². The lowest BCUT2D eigenvalue weighted by molar-refractivity contribution is 0.190. The van der Waals surface area contributed by atoms with Crippen LogP contribution in [0.3, 0.4) is 0 Å².